The quantitative estimate of drug-likeness (QED) is 0.793. The summed E-state index contributed by atoms with van der Waals surface area (Å²) in [6.45, 7) is 0.485. The normalized spacial score (nSPS) is 13.5. The summed E-state index contributed by atoms with van der Waals surface area (Å²) in [4.78, 5) is 41.4. The van der Waals surface area contributed by atoms with Crippen LogP contribution in [0, 0.1) is 0 Å². The molecule has 2 aromatic rings. The summed E-state index contributed by atoms with van der Waals surface area (Å²) in [6.07, 6.45) is 3.27. The molecule has 0 bridgehead atoms. The van der Waals surface area contributed by atoms with Crippen LogP contribution in [0.15, 0.2) is 35.1 Å². The number of hydrogen-bond donors (Lipinski definition) is 0. The van der Waals surface area contributed by atoms with Crippen molar-refractivity contribution < 1.29 is 19.1 Å². The summed E-state index contributed by atoms with van der Waals surface area (Å²) in [6, 6.07) is 8.25. The van der Waals surface area contributed by atoms with Gasteiger partial charge in [0.05, 0.1) is 12.7 Å². The van der Waals surface area contributed by atoms with E-state index < -0.39 is 17.5 Å². The largest absolute Gasteiger partial charge is 0.464 e. The van der Waals surface area contributed by atoms with E-state index in [1.54, 1.807) is 30.3 Å². The SMILES string of the molecule is COC(=O)c1nc2n(c(=O)c1OC(=O)c1ccccc1)CCCCC2. The van der Waals surface area contributed by atoms with Gasteiger partial charge < -0.3 is 9.47 Å². The third-order valence-electron chi connectivity index (χ3n) is 4.07. The van der Waals surface area contributed by atoms with E-state index in [4.69, 9.17) is 9.47 Å². The van der Waals surface area contributed by atoms with Gasteiger partial charge in [0.1, 0.15) is 5.82 Å². The summed E-state index contributed by atoms with van der Waals surface area (Å²) in [7, 11) is 1.19. The minimum absolute atomic E-state index is 0.259. The molecule has 130 valence electrons. The van der Waals surface area contributed by atoms with Crippen LogP contribution >= 0.6 is 0 Å². The summed E-state index contributed by atoms with van der Waals surface area (Å²) in [5.41, 5.74) is -0.515. The smallest absolute Gasteiger partial charge is 0.360 e. The Hall–Kier alpha value is -2.96. The van der Waals surface area contributed by atoms with E-state index in [1.807, 2.05) is 0 Å². The van der Waals surface area contributed by atoms with Crippen molar-refractivity contribution in [1.29, 1.82) is 0 Å². The molecule has 1 aromatic carbocycles. The Labute approximate surface area is 144 Å². The zero-order valence-corrected chi connectivity index (χ0v) is 13.9. The fraction of sp³-hybridized carbons (Fsp3) is 0.333. The van der Waals surface area contributed by atoms with Crippen LogP contribution in [0.2, 0.25) is 0 Å². The average molecular weight is 342 g/mol. The predicted molar refractivity (Wildman–Crippen MR) is 88.8 cm³/mol. The number of aromatic nitrogens is 2. The van der Waals surface area contributed by atoms with Crippen molar-refractivity contribution in [3.8, 4) is 5.75 Å². The van der Waals surface area contributed by atoms with Gasteiger partial charge in [-0.2, -0.15) is 0 Å². The second-order valence-electron chi connectivity index (χ2n) is 5.72. The van der Waals surface area contributed by atoms with Crippen LogP contribution in [0.25, 0.3) is 0 Å². The van der Waals surface area contributed by atoms with E-state index in [1.165, 1.54) is 11.7 Å². The van der Waals surface area contributed by atoms with Crippen molar-refractivity contribution in [3.63, 3.8) is 0 Å². The van der Waals surface area contributed by atoms with Gasteiger partial charge in [0.2, 0.25) is 5.75 Å². The number of rotatable bonds is 3. The molecular formula is C18H18N2O5. The number of ether oxygens (including phenoxy) is 2. The first-order valence-electron chi connectivity index (χ1n) is 8.11. The molecule has 0 fully saturated rings. The Morgan fingerprint density at radius 3 is 2.56 bits per heavy atom. The van der Waals surface area contributed by atoms with Crippen molar-refractivity contribution in [1.82, 2.24) is 9.55 Å². The average Bonchev–Trinajstić information content (AvgIpc) is 2.89. The highest BCUT2D eigenvalue weighted by molar-refractivity contribution is 5.94. The van der Waals surface area contributed by atoms with Crippen LogP contribution in [0.1, 0.15) is 45.9 Å². The molecule has 0 saturated heterocycles. The van der Waals surface area contributed by atoms with Crippen LogP contribution in [0.5, 0.6) is 5.75 Å². The molecule has 0 unspecified atom stereocenters. The van der Waals surface area contributed by atoms with Crippen LogP contribution < -0.4 is 10.3 Å². The molecule has 0 spiro atoms. The Bertz CT molecular complexity index is 858. The Morgan fingerprint density at radius 2 is 1.84 bits per heavy atom. The van der Waals surface area contributed by atoms with Crippen molar-refractivity contribution in [3.05, 3.63) is 57.8 Å². The minimum atomic E-state index is -0.805. The van der Waals surface area contributed by atoms with Crippen molar-refractivity contribution in [2.45, 2.75) is 32.2 Å². The highest BCUT2D eigenvalue weighted by Crippen LogP contribution is 2.19. The molecule has 0 saturated carbocycles. The molecular weight excluding hydrogens is 324 g/mol. The topological polar surface area (TPSA) is 87.5 Å². The predicted octanol–water partition coefficient (Wildman–Crippen LogP) is 1.98. The number of carbonyl (C=O) groups excluding carboxylic acids is 2. The molecule has 25 heavy (non-hydrogen) atoms. The second-order valence-corrected chi connectivity index (χ2v) is 5.72. The molecule has 0 radical (unpaired) electrons. The zero-order valence-electron chi connectivity index (χ0n) is 13.9. The number of esters is 2. The van der Waals surface area contributed by atoms with E-state index in [-0.39, 0.29) is 17.0 Å². The van der Waals surface area contributed by atoms with Crippen LogP contribution in [0.4, 0.5) is 0 Å². The zero-order chi connectivity index (χ0) is 17.8. The molecule has 2 heterocycles. The minimum Gasteiger partial charge on any atom is -0.464 e. The van der Waals surface area contributed by atoms with E-state index >= 15 is 0 Å². The molecule has 1 aliphatic rings. The summed E-state index contributed by atoms with van der Waals surface area (Å²) >= 11 is 0. The van der Waals surface area contributed by atoms with Crippen LogP contribution in [-0.4, -0.2) is 28.6 Å². The lowest BCUT2D eigenvalue weighted by atomic mass is 10.2. The lowest BCUT2D eigenvalue weighted by molar-refractivity contribution is 0.0583. The first-order valence-corrected chi connectivity index (χ1v) is 8.11. The number of benzene rings is 1. The van der Waals surface area contributed by atoms with Crippen molar-refractivity contribution >= 4 is 11.9 Å². The van der Waals surface area contributed by atoms with Gasteiger partial charge in [0.15, 0.2) is 5.69 Å². The number of methoxy groups -OCH3 is 1. The summed E-state index contributed by atoms with van der Waals surface area (Å²) in [5, 5.41) is 0. The maximum Gasteiger partial charge on any atom is 0.360 e. The van der Waals surface area contributed by atoms with Crippen molar-refractivity contribution in [2.24, 2.45) is 0 Å². The van der Waals surface area contributed by atoms with E-state index in [9.17, 15) is 14.4 Å². The van der Waals surface area contributed by atoms with Crippen LogP contribution in [-0.2, 0) is 17.7 Å². The van der Waals surface area contributed by atoms with Crippen molar-refractivity contribution in [2.75, 3.05) is 7.11 Å². The van der Waals surface area contributed by atoms with Gasteiger partial charge in [-0.25, -0.2) is 14.6 Å². The van der Waals surface area contributed by atoms with E-state index in [0.717, 1.165) is 19.3 Å². The summed E-state index contributed by atoms with van der Waals surface area (Å²) in [5.74, 6) is -1.40. The summed E-state index contributed by atoms with van der Waals surface area (Å²) < 4.78 is 11.4. The third-order valence-corrected chi connectivity index (χ3v) is 4.07. The van der Waals surface area contributed by atoms with Gasteiger partial charge in [0.25, 0.3) is 5.56 Å². The molecule has 0 N–H and O–H groups in total. The fourth-order valence-corrected chi connectivity index (χ4v) is 2.79. The van der Waals surface area contributed by atoms with Crippen LogP contribution in [0.3, 0.4) is 0 Å². The van der Waals surface area contributed by atoms with Gasteiger partial charge in [0, 0.05) is 13.0 Å². The van der Waals surface area contributed by atoms with E-state index in [0.29, 0.717) is 18.8 Å². The monoisotopic (exact) mass is 342 g/mol. The number of nitrogens with zero attached hydrogens (tertiary/aromatic N) is 2. The number of aryl methyl sites for hydroxylation is 1. The molecule has 0 aliphatic carbocycles. The Morgan fingerprint density at radius 1 is 1.08 bits per heavy atom. The van der Waals surface area contributed by atoms with Gasteiger partial charge in [-0.1, -0.05) is 24.6 Å². The van der Waals surface area contributed by atoms with E-state index in [2.05, 4.69) is 4.98 Å². The molecule has 1 aromatic heterocycles. The fourth-order valence-electron chi connectivity index (χ4n) is 2.79. The lowest BCUT2D eigenvalue weighted by Gasteiger charge is -2.14. The third kappa shape index (κ3) is 3.45. The first kappa shape index (κ1) is 16.9. The van der Waals surface area contributed by atoms with Gasteiger partial charge in [-0.05, 0) is 25.0 Å². The number of hydrogen-bond acceptors (Lipinski definition) is 6. The molecule has 7 nitrogen and oxygen atoms in total. The lowest BCUT2D eigenvalue weighted by Crippen LogP contribution is -2.30. The highest BCUT2D eigenvalue weighted by atomic mass is 16.5. The second kappa shape index (κ2) is 7.29. The molecule has 0 atom stereocenters. The maximum atomic E-state index is 12.8. The Balaban J connectivity index is 2.07. The first-order chi connectivity index (χ1) is 12.1. The van der Waals surface area contributed by atoms with Gasteiger partial charge in [-0.15, -0.1) is 0 Å². The number of fused-ring (bicyclic) bond motifs is 1. The Kier molecular flexibility index (Phi) is 4.92. The highest BCUT2D eigenvalue weighted by Gasteiger charge is 2.26. The van der Waals surface area contributed by atoms with Gasteiger partial charge in [-0.3, -0.25) is 9.36 Å². The number of carbonyl (C=O) groups is 2. The molecule has 3 rings (SSSR count). The molecule has 0 amide bonds. The maximum absolute atomic E-state index is 12.8. The standard InChI is InChI=1S/C18H18N2O5/c1-24-18(23)14-15(25-17(22)12-8-4-2-5-9-12)16(21)20-11-7-3-6-10-13(20)19-14/h2,4-5,8-9H,3,6-7,10-11H2,1H3. The molecule has 7 heteroatoms. The molecule has 1 aliphatic heterocycles. The van der Waals surface area contributed by atoms with Gasteiger partial charge >= 0.3 is 11.9 Å².